The molecule has 0 heterocycles. The molecule has 1 atom stereocenters. The van der Waals surface area contributed by atoms with Crippen molar-refractivity contribution in [3.63, 3.8) is 0 Å². The minimum Gasteiger partial charge on any atom is -0.484 e. The molecule has 15 heteroatoms. The van der Waals surface area contributed by atoms with Crippen molar-refractivity contribution in [2.24, 2.45) is 16.9 Å². The Morgan fingerprint density at radius 1 is 0.580 bits per heavy atom. The minimum atomic E-state index is -5.05. The van der Waals surface area contributed by atoms with Crippen molar-refractivity contribution in [2.45, 2.75) is 124 Å². The van der Waals surface area contributed by atoms with E-state index in [2.05, 4.69) is 112 Å². The summed E-state index contributed by atoms with van der Waals surface area (Å²) in [4.78, 5) is 31.0. The number of benzene rings is 2. The van der Waals surface area contributed by atoms with Crippen LogP contribution in [0.15, 0.2) is 24.3 Å². The van der Waals surface area contributed by atoms with Crippen molar-refractivity contribution >= 4 is 15.6 Å². The van der Waals surface area contributed by atoms with Gasteiger partial charge in [0.15, 0.2) is 0 Å². The number of aliphatic hydroxyl groups excluding tert-OH is 3. The molecule has 0 aliphatic heterocycles. The second-order valence-corrected chi connectivity index (χ2v) is 19.5. The van der Waals surface area contributed by atoms with Crippen LogP contribution in [-0.4, -0.2) is 54.7 Å². The second kappa shape index (κ2) is 16.5. The van der Waals surface area contributed by atoms with Gasteiger partial charge in [0.2, 0.25) is 0 Å². The third-order valence-corrected chi connectivity index (χ3v) is 10.0. The number of nitrogens with two attached hydrogens (primary N) is 2. The lowest BCUT2D eigenvalue weighted by Gasteiger charge is -2.43. The third kappa shape index (κ3) is 12.5. The molecule has 0 saturated heterocycles. The first-order valence-corrected chi connectivity index (χ1v) is 19.5. The van der Waals surface area contributed by atoms with Gasteiger partial charge in [-0.1, -0.05) is 107 Å². The number of rotatable bonds is 11. The Balaban J connectivity index is 0.00000122. The molecule has 11 N–H and O–H groups in total. The molecule has 0 fully saturated rings. The van der Waals surface area contributed by atoms with E-state index in [1.54, 1.807) is 0 Å². The van der Waals surface area contributed by atoms with Gasteiger partial charge in [0.05, 0.1) is 25.2 Å². The summed E-state index contributed by atoms with van der Waals surface area (Å²) in [6, 6.07) is 8.44. The molecule has 0 bridgehead atoms. The van der Waals surface area contributed by atoms with Crippen molar-refractivity contribution in [3.8, 4) is 5.75 Å². The summed E-state index contributed by atoms with van der Waals surface area (Å²) in [7, 11) is -10.1. The number of phosphoric acid groups is 2. The monoisotopic (exact) mass is 748 g/mol. The molecule has 0 amide bonds. The first-order valence-electron chi connectivity index (χ1n) is 16.4. The SMILES string of the molecule is CC(C)(C)c1cc(CN)cc(C(C)(C)C)c1OC(c1c(C(C)(C)C)cc(CN)cc1C(C)(C)C)C(CO)(CO)CO.O=P(O)(O)OP(=O)(O)O. The second-order valence-electron chi connectivity index (χ2n) is 16.9. The zero-order chi connectivity index (χ0) is 39.5. The van der Waals surface area contributed by atoms with Gasteiger partial charge in [-0.3, -0.25) is 0 Å². The number of hydrogen-bond donors (Lipinski definition) is 9. The van der Waals surface area contributed by atoms with E-state index >= 15 is 0 Å². The van der Waals surface area contributed by atoms with Gasteiger partial charge in [0, 0.05) is 29.8 Å². The van der Waals surface area contributed by atoms with Crippen molar-refractivity contribution in [1.82, 2.24) is 0 Å². The lowest BCUT2D eigenvalue weighted by Crippen LogP contribution is -2.45. The van der Waals surface area contributed by atoms with Gasteiger partial charge in [-0.05, 0) is 43.9 Å². The van der Waals surface area contributed by atoms with E-state index in [1.807, 2.05) is 0 Å². The van der Waals surface area contributed by atoms with Gasteiger partial charge in [0.25, 0.3) is 0 Å². The maximum Gasteiger partial charge on any atom is 0.478 e. The zero-order valence-corrected chi connectivity index (χ0v) is 33.5. The van der Waals surface area contributed by atoms with E-state index in [0.717, 1.165) is 38.9 Å². The molecule has 0 aliphatic rings. The minimum absolute atomic E-state index is 0.297. The quantitative estimate of drug-likeness (QED) is 0.137. The van der Waals surface area contributed by atoms with Crippen LogP contribution in [0.25, 0.3) is 0 Å². The molecule has 0 spiro atoms. The van der Waals surface area contributed by atoms with E-state index < -0.39 is 47.0 Å². The molecule has 288 valence electrons. The largest absolute Gasteiger partial charge is 0.484 e. The molecule has 2 aromatic rings. The molecule has 13 nitrogen and oxygen atoms in total. The molecule has 2 rings (SSSR count). The Hall–Kier alpha value is -1.70. The highest BCUT2D eigenvalue weighted by Gasteiger charge is 2.46. The summed E-state index contributed by atoms with van der Waals surface area (Å²) in [5.74, 6) is 0.703. The fraction of sp³-hybridized carbons (Fsp3) is 0.657. The lowest BCUT2D eigenvalue weighted by molar-refractivity contribution is -0.0761. The van der Waals surface area contributed by atoms with Crippen molar-refractivity contribution in [1.29, 1.82) is 0 Å². The third-order valence-electron chi connectivity index (χ3n) is 8.30. The molecule has 0 saturated carbocycles. The molecule has 2 aromatic carbocycles. The molecule has 0 aliphatic carbocycles. The van der Waals surface area contributed by atoms with Crippen LogP contribution >= 0.6 is 15.6 Å². The Morgan fingerprint density at radius 3 is 1.06 bits per heavy atom. The van der Waals surface area contributed by atoms with Crippen molar-refractivity contribution < 1.29 is 53.1 Å². The first-order chi connectivity index (χ1) is 22.3. The van der Waals surface area contributed by atoms with Crippen molar-refractivity contribution in [2.75, 3.05) is 19.8 Å². The average molecular weight is 749 g/mol. The number of hydrogen-bond acceptors (Lipinski definition) is 9. The molecule has 0 aromatic heterocycles. The Morgan fingerprint density at radius 2 is 0.860 bits per heavy atom. The summed E-state index contributed by atoms with van der Waals surface area (Å²) >= 11 is 0. The highest BCUT2D eigenvalue weighted by Crippen LogP contribution is 2.54. The van der Waals surface area contributed by atoms with E-state index in [1.165, 1.54) is 0 Å². The molecular weight excluding hydrogens is 686 g/mol. The van der Waals surface area contributed by atoms with Crippen LogP contribution in [-0.2, 0) is 48.2 Å². The Bertz CT molecular complexity index is 1440. The van der Waals surface area contributed by atoms with Gasteiger partial charge in [-0.15, -0.1) is 0 Å². The molecule has 1 unspecified atom stereocenters. The maximum atomic E-state index is 10.9. The number of ether oxygens (including phenoxy) is 1. The summed E-state index contributed by atoms with van der Waals surface area (Å²) in [6.07, 6.45) is -0.872. The summed E-state index contributed by atoms with van der Waals surface area (Å²) < 4.78 is 29.5. The van der Waals surface area contributed by atoms with Gasteiger partial charge in [-0.2, -0.15) is 4.31 Å². The highest BCUT2D eigenvalue weighted by atomic mass is 31.3. The summed E-state index contributed by atoms with van der Waals surface area (Å²) in [5, 5.41) is 32.6. The topological polar surface area (TPSA) is 246 Å². The van der Waals surface area contributed by atoms with Gasteiger partial charge in [-0.25, -0.2) is 9.13 Å². The van der Waals surface area contributed by atoms with Crippen LogP contribution in [0, 0.1) is 5.41 Å². The summed E-state index contributed by atoms with van der Waals surface area (Å²) in [6.45, 7) is 25.1. The van der Waals surface area contributed by atoms with Crippen LogP contribution in [0.5, 0.6) is 5.75 Å². The van der Waals surface area contributed by atoms with Crippen LogP contribution in [0.3, 0.4) is 0 Å². The van der Waals surface area contributed by atoms with Crippen LogP contribution in [0.4, 0.5) is 0 Å². The van der Waals surface area contributed by atoms with E-state index in [-0.39, 0.29) is 21.7 Å². The maximum absolute atomic E-state index is 10.9. The van der Waals surface area contributed by atoms with Gasteiger partial charge < -0.3 is 51.1 Å². The zero-order valence-electron chi connectivity index (χ0n) is 31.7. The molecular formula is C35H62N2O11P2. The molecule has 50 heavy (non-hydrogen) atoms. The smallest absolute Gasteiger partial charge is 0.478 e. The molecule has 0 radical (unpaired) electrons. The lowest BCUT2D eigenvalue weighted by atomic mass is 9.68. The highest BCUT2D eigenvalue weighted by molar-refractivity contribution is 7.60. The van der Waals surface area contributed by atoms with Gasteiger partial charge >= 0.3 is 15.6 Å². The average Bonchev–Trinajstić information content (AvgIpc) is 2.93. The Labute approximate surface area is 297 Å². The van der Waals surface area contributed by atoms with E-state index in [4.69, 9.17) is 35.8 Å². The normalized spacial score (nSPS) is 14.3. The van der Waals surface area contributed by atoms with Crippen LogP contribution in [0.1, 0.15) is 128 Å². The fourth-order valence-corrected chi connectivity index (χ4v) is 6.66. The van der Waals surface area contributed by atoms with Crippen LogP contribution < -0.4 is 16.2 Å². The fourth-order valence-electron chi connectivity index (χ4n) is 5.55. The standard InChI is InChI=1S/C35H58N2O4.H4O7P2/c1-31(2,3)24-13-22(17-36)14-25(32(4,5)6)28(24)30(35(19-38,20-39)21-40)41-29-26(33(7,8)9)15-23(18-37)16-27(29)34(10,11)12;1-8(2,3)7-9(4,5)6/h13-16,30,38-40H,17-21,36-37H2,1-12H3;(H2,1,2,3)(H2,4,5,6). The predicted octanol–water partition coefficient (Wildman–Crippen LogP) is 5.07. The van der Waals surface area contributed by atoms with E-state index in [0.29, 0.717) is 18.8 Å². The first kappa shape index (κ1) is 46.3. The van der Waals surface area contributed by atoms with E-state index in [9.17, 15) is 24.4 Å². The summed E-state index contributed by atoms with van der Waals surface area (Å²) in [5.41, 5.74) is 16.7. The van der Waals surface area contributed by atoms with Crippen molar-refractivity contribution in [3.05, 3.63) is 63.2 Å². The Kier molecular flexibility index (Phi) is 15.3. The van der Waals surface area contributed by atoms with Crippen LogP contribution in [0.2, 0.25) is 0 Å². The predicted molar refractivity (Wildman–Crippen MR) is 196 cm³/mol. The number of aliphatic hydroxyl groups is 3. The van der Waals surface area contributed by atoms with Gasteiger partial charge in [0.1, 0.15) is 11.9 Å².